The van der Waals surface area contributed by atoms with Crippen molar-refractivity contribution in [2.24, 2.45) is 10.9 Å². The van der Waals surface area contributed by atoms with E-state index in [4.69, 9.17) is 9.73 Å². The van der Waals surface area contributed by atoms with Crippen LogP contribution in [0, 0.1) is 16.0 Å². The van der Waals surface area contributed by atoms with E-state index in [2.05, 4.69) is 81.9 Å². The van der Waals surface area contributed by atoms with E-state index in [0.717, 1.165) is 27.7 Å². The van der Waals surface area contributed by atoms with Crippen LogP contribution in [0.5, 0.6) is 5.75 Å². The molecule has 0 unspecified atom stereocenters. The van der Waals surface area contributed by atoms with E-state index < -0.39 is 4.92 Å². The highest BCUT2D eigenvalue weighted by Crippen LogP contribution is 2.49. The average molecular weight is 580 g/mol. The number of nitro benzene ring substituents is 1. The smallest absolute Gasteiger partial charge is 0.269 e. The van der Waals surface area contributed by atoms with E-state index in [9.17, 15) is 10.1 Å². The number of hydrogen-bond acceptors (Lipinski definition) is 5. The predicted octanol–water partition coefficient (Wildman–Crippen LogP) is 8.51. The maximum atomic E-state index is 10.9. The summed E-state index contributed by atoms with van der Waals surface area (Å²) >= 11 is 3.53. The molecule has 0 radical (unpaired) electrons. The Morgan fingerprint density at radius 2 is 1.82 bits per heavy atom. The van der Waals surface area contributed by atoms with Gasteiger partial charge in [0.05, 0.1) is 16.7 Å². The largest absolute Gasteiger partial charge is 0.488 e. The molecule has 0 saturated heterocycles. The third-order valence-corrected chi connectivity index (χ3v) is 7.88. The summed E-state index contributed by atoms with van der Waals surface area (Å²) in [5.74, 6) is 1.64. The van der Waals surface area contributed by atoms with Gasteiger partial charge in [-0.1, -0.05) is 58.4 Å². The van der Waals surface area contributed by atoms with Crippen molar-refractivity contribution >= 4 is 39.2 Å². The van der Waals surface area contributed by atoms with Crippen molar-refractivity contribution in [3.8, 4) is 5.75 Å². The quantitative estimate of drug-likeness (QED) is 0.103. The van der Waals surface area contributed by atoms with Gasteiger partial charge in [0.2, 0.25) is 0 Å². The van der Waals surface area contributed by atoms with Gasteiger partial charge in [-0.15, -0.1) is 0 Å². The predicted molar refractivity (Wildman–Crippen MR) is 158 cm³/mol. The summed E-state index contributed by atoms with van der Waals surface area (Å²) in [6.07, 6.45) is 7.54. The zero-order valence-corrected chi connectivity index (χ0v) is 22.6. The molecular formula is C32H26BrN3O3. The Balaban J connectivity index is 1.17. The van der Waals surface area contributed by atoms with Crippen molar-refractivity contribution in [2.75, 3.05) is 5.32 Å². The fourth-order valence-electron chi connectivity index (χ4n) is 5.41. The summed E-state index contributed by atoms with van der Waals surface area (Å²) < 4.78 is 6.96. The molecule has 1 heterocycles. The Bertz CT molecular complexity index is 1560. The van der Waals surface area contributed by atoms with Gasteiger partial charge < -0.3 is 10.1 Å². The van der Waals surface area contributed by atoms with E-state index >= 15 is 0 Å². The summed E-state index contributed by atoms with van der Waals surface area (Å²) in [5, 5.41) is 14.7. The second-order valence-electron chi connectivity index (χ2n) is 9.81. The van der Waals surface area contributed by atoms with Crippen LogP contribution in [0.15, 0.2) is 113 Å². The maximum absolute atomic E-state index is 10.9. The van der Waals surface area contributed by atoms with E-state index in [0.29, 0.717) is 24.2 Å². The number of nitrogens with one attached hydrogen (secondary N) is 1. The van der Waals surface area contributed by atoms with Gasteiger partial charge in [-0.05, 0) is 77.6 Å². The first-order valence-electron chi connectivity index (χ1n) is 12.9. The lowest BCUT2D eigenvalue weighted by Crippen LogP contribution is -2.28. The number of non-ortho nitro benzene ring substituents is 1. The fraction of sp³-hybridized carbons (Fsp3) is 0.156. The first-order valence-corrected chi connectivity index (χ1v) is 13.7. The third-order valence-electron chi connectivity index (χ3n) is 7.39. The van der Waals surface area contributed by atoms with Crippen molar-refractivity contribution in [3.05, 3.63) is 140 Å². The number of anilines is 1. The van der Waals surface area contributed by atoms with Crippen LogP contribution in [-0.2, 0) is 6.61 Å². The summed E-state index contributed by atoms with van der Waals surface area (Å²) in [6.45, 7) is 0.295. The average Bonchev–Trinajstić information content (AvgIpc) is 3.46. The fourth-order valence-corrected chi connectivity index (χ4v) is 5.79. The Morgan fingerprint density at radius 3 is 2.62 bits per heavy atom. The molecule has 0 spiro atoms. The molecule has 6 rings (SSSR count). The van der Waals surface area contributed by atoms with Gasteiger partial charge in [-0.3, -0.25) is 15.1 Å². The number of ether oxygens (including phenoxy) is 1. The molecule has 4 aromatic rings. The molecule has 0 bridgehead atoms. The minimum atomic E-state index is -0.409. The minimum Gasteiger partial charge on any atom is -0.488 e. The van der Waals surface area contributed by atoms with E-state index in [-0.39, 0.29) is 11.7 Å². The lowest BCUT2D eigenvalue weighted by Gasteiger charge is -2.37. The summed E-state index contributed by atoms with van der Waals surface area (Å²) in [5.41, 5.74) is 6.46. The molecule has 7 heteroatoms. The topological polar surface area (TPSA) is 76.8 Å². The number of nitrogens with zero attached hydrogens (tertiary/aromatic N) is 2. The van der Waals surface area contributed by atoms with Crippen molar-refractivity contribution in [3.63, 3.8) is 0 Å². The SMILES string of the molecule is O=[N+]([O-])c1ccc(COc2ccc(Br)cc2C=Nc2ccc([C@@H]3Nc4ccccc4[C@H]4C=CC[C@H]43)cc2)cc1. The van der Waals surface area contributed by atoms with Crippen LogP contribution in [0.3, 0.4) is 0 Å². The third kappa shape index (κ3) is 5.36. The van der Waals surface area contributed by atoms with Crippen LogP contribution in [0.2, 0.25) is 0 Å². The highest BCUT2D eigenvalue weighted by atomic mass is 79.9. The Hall–Kier alpha value is -4.23. The van der Waals surface area contributed by atoms with Crippen LogP contribution in [-0.4, -0.2) is 11.1 Å². The van der Waals surface area contributed by atoms with Crippen molar-refractivity contribution < 1.29 is 9.66 Å². The molecule has 2 aliphatic rings. The van der Waals surface area contributed by atoms with Crippen LogP contribution >= 0.6 is 15.9 Å². The van der Waals surface area contributed by atoms with Gasteiger partial charge in [0.1, 0.15) is 12.4 Å². The first-order chi connectivity index (χ1) is 19.0. The lowest BCUT2D eigenvalue weighted by molar-refractivity contribution is -0.384. The van der Waals surface area contributed by atoms with Crippen LogP contribution < -0.4 is 10.1 Å². The second kappa shape index (κ2) is 10.9. The van der Waals surface area contributed by atoms with Crippen LogP contribution in [0.25, 0.3) is 0 Å². The number of para-hydroxylation sites is 1. The number of halogens is 1. The van der Waals surface area contributed by atoms with Gasteiger partial charge in [0.15, 0.2) is 0 Å². The maximum Gasteiger partial charge on any atom is 0.269 e. The molecule has 1 aliphatic heterocycles. The van der Waals surface area contributed by atoms with E-state index in [1.165, 1.54) is 28.9 Å². The molecule has 6 nitrogen and oxygen atoms in total. The van der Waals surface area contributed by atoms with Gasteiger partial charge in [0.25, 0.3) is 5.69 Å². The highest BCUT2D eigenvalue weighted by molar-refractivity contribution is 9.10. The number of nitro groups is 1. The second-order valence-corrected chi connectivity index (χ2v) is 10.7. The molecule has 0 fully saturated rings. The van der Waals surface area contributed by atoms with Crippen LogP contribution in [0.4, 0.5) is 17.1 Å². The highest BCUT2D eigenvalue weighted by Gasteiger charge is 2.37. The number of benzene rings is 4. The van der Waals surface area contributed by atoms with Gasteiger partial charge in [0, 0.05) is 40.0 Å². The zero-order chi connectivity index (χ0) is 26.8. The summed E-state index contributed by atoms with van der Waals surface area (Å²) in [6, 6.07) is 29.4. The number of fused-ring (bicyclic) bond motifs is 3. The van der Waals surface area contributed by atoms with Crippen LogP contribution in [0.1, 0.15) is 40.6 Å². The van der Waals surface area contributed by atoms with E-state index in [1.807, 2.05) is 18.2 Å². The molecule has 0 saturated carbocycles. The molecule has 1 N–H and O–H groups in total. The molecule has 39 heavy (non-hydrogen) atoms. The molecule has 0 amide bonds. The van der Waals surface area contributed by atoms with Crippen molar-refractivity contribution in [2.45, 2.75) is 25.0 Å². The Kier molecular flexibility index (Phi) is 6.99. The van der Waals surface area contributed by atoms with E-state index in [1.54, 1.807) is 18.3 Å². The lowest BCUT2D eigenvalue weighted by atomic mass is 9.77. The minimum absolute atomic E-state index is 0.0602. The Morgan fingerprint density at radius 1 is 1.03 bits per heavy atom. The number of rotatable bonds is 7. The first kappa shape index (κ1) is 25.1. The van der Waals surface area contributed by atoms with Gasteiger partial charge in [-0.2, -0.15) is 0 Å². The standard InChI is InChI=1S/C32H26BrN3O3/c33-24-12-17-31(39-20-21-8-15-26(16-9-21)36(37)38)23(18-24)19-34-25-13-10-22(11-14-25)32-29-6-3-5-27(29)28-4-1-2-7-30(28)35-32/h1-5,7-19,27,29,32,35H,6,20H2/t27-,29-,32+/m1/s1. The molecule has 1 aliphatic carbocycles. The number of aliphatic imine (C=N–C) groups is 1. The zero-order valence-electron chi connectivity index (χ0n) is 21.0. The monoisotopic (exact) mass is 579 g/mol. The number of hydrogen-bond donors (Lipinski definition) is 1. The molecule has 0 aromatic heterocycles. The molecule has 4 aromatic carbocycles. The summed E-state index contributed by atoms with van der Waals surface area (Å²) in [7, 11) is 0. The van der Waals surface area contributed by atoms with Gasteiger partial charge >= 0.3 is 0 Å². The molecule has 194 valence electrons. The Labute approximate surface area is 235 Å². The van der Waals surface area contributed by atoms with Gasteiger partial charge in [-0.25, -0.2) is 0 Å². The summed E-state index contributed by atoms with van der Waals surface area (Å²) in [4.78, 5) is 15.2. The van der Waals surface area contributed by atoms with Crippen molar-refractivity contribution in [1.29, 1.82) is 0 Å². The van der Waals surface area contributed by atoms with Crippen molar-refractivity contribution in [1.82, 2.24) is 0 Å². The molecular weight excluding hydrogens is 554 g/mol. The number of allylic oxidation sites excluding steroid dienone is 2. The normalized spacial score (nSPS) is 19.4. The molecule has 3 atom stereocenters.